The maximum absolute atomic E-state index is 12.4. The van der Waals surface area contributed by atoms with Crippen molar-refractivity contribution < 1.29 is 9.21 Å². The van der Waals surface area contributed by atoms with E-state index in [1.807, 2.05) is 16.7 Å². The Morgan fingerprint density at radius 2 is 2.04 bits per heavy atom. The van der Waals surface area contributed by atoms with Crippen LogP contribution in [0.5, 0.6) is 0 Å². The first kappa shape index (κ1) is 23.3. The average Bonchev–Trinajstić information content (AvgIpc) is 3.37. The van der Waals surface area contributed by atoms with Gasteiger partial charge in [-0.05, 0) is 45.3 Å². The van der Waals surface area contributed by atoms with E-state index in [-0.39, 0.29) is 35.4 Å². The molecule has 1 aromatic heterocycles. The molecule has 7 nitrogen and oxygen atoms in total. The number of nitrogens with zero attached hydrogens (tertiary/aromatic N) is 4. The molecule has 2 aliphatic rings. The van der Waals surface area contributed by atoms with Crippen LogP contribution in [0, 0.1) is 0 Å². The Balaban J connectivity index is 0.00000280. The molecule has 2 fully saturated rings. The van der Waals surface area contributed by atoms with Crippen LogP contribution in [0.3, 0.4) is 0 Å². The molecule has 3 rings (SSSR count). The van der Waals surface area contributed by atoms with E-state index >= 15 is 0 Å². The van der Waals surface area contributed by atoms with E-state index in [1.165, 1.54) is 12.2 Å². The Kier molecular flexibility index (Phi) is 8.94. The van der Waals surface area contributed by atoms with Crippen molar-refractivity contribution in [2.45, 2.75) is 18.9 Å². The highest BCUT2D eigenvalue weighted by molar-refractivity contribution is 14.0. The SMILES string of the molecule is CCNC(=NCC1(N(C)C)CCSC1)N1CCN(C(=O)c2ccco2)CC1.I. The molecule has 0 aromatic carbocycles. The largest absolute Gasteiger partial charge is 0.459 e. The van der Waals surface area contributed by atoms with Crippen molar-refractivity contribution in [3.63, 3.8) is 0 Å². The number of piperazine rings is 1. The first-order chi connectivity index (χ1) is 13.1. The molecular weight excluding hydrogens is 489 g/mol. The van der Waals surface area contributed by atoms with Gasteiger partial charge >= 0.3 is 0 Å². The van der Waals surface area contributed by atoms with Crippen molar-refractivity contribution in [1.29, 1.82) is 0 Å². The zero-order chi connectivity index (χ0) is 19.3. The van der Waals surface area contributed by atoms with Gasteiger partial charge in [0.1, 0.15) is 0 Å². The molecule has 0 saturated carbocycles. The van der Waals surface area contributed by atoms with Gasteiger partial charge in [-0.2, -0.15) is 11.8 Å². The first-order valence-corrected chi connectivity index (χ1v) is 10.8. The number of carbonyl (C=O) groups is 1. The van der Waals surface area contributed by atoms with Crippen LogP contribution in [0.2, 0.25) is 0 Å². The maximum Gasteiger partial charge on any atom is 0.289 e. The third-order valence-corrected chi connectivity index (χ3v) is 6.72. The van der Waals surface area contributed by atoms with Crippen molar-refractivity contribution in [3.05, 3.63) is 24.2 Å². The molecule has 0 radical (unpaired) electrons. The van der Waals surface area contributed by atoms with Gasteiger partial charge < -0.3 is 24.4 Å². The van der Waals surface area contributed by atoms with Crippen LogP contribution in [-0.2, 0) is 0 Å². The molecule has 0 bridgehead atoms. The molecule has 158 valence electrons. The molecule has 3 heterocycles. The fourth-order valence-electron chi connectivity index (χ4n) is 3.54. The number of thioether (sulfide) groups is 1. The third kappa shape index (κ3) is 5.35. The fraction of sp³-hybridized carbons (Fsp3) is 0.684. The van der Waals surface area contributed by atoms with Gasteiger partial charge in [0.2, 0.25) is 0 Å². The number of nitrogens with one attached hydrogen (secondary N) is 1. The number of likely N-dealkylation sites (N-methyl/N-ethyl adjacent to an activating group) is 1. The molecule has 1 atom stereocenters. The molecule has 9 heteroatoms. The second-order valence-electron chi connectivity index (χ2n) is 7.35. The summed E-state index contributed by atoms with van der Waals surface area (Å²) in [7, 11) is 4.32. The zero-order valence-corrected chi connectivity index (χ0v) is 20.2. The summed E-state index contributed by atoms with van der Waals surface area (Å²) in [4.78, 5) is 23.9. The number of furan rings is 1. The Morgan fingerprint density at radius 3 is 2.57 bits per heavy atom. The Bertz CT molecular complexity index is 639. The Labute approximate surface area is 189 Å². The summed E-state index contributed by atoms with van der Waals surface area (Å²) in [6.45, 7) is 6.66. The number of amides is 1. The van der Waals surface area contributed by atoms with E-state index < -0.39 is 0 Å². The van der Waals surface area contributed by atoms with Crippen molar-refractivity contribution in [1.82, 2.24) is 20.0 Å². The predicted molar refractivity (Wildman–Crippen MR) is 126 cm³/mol. The lowest BCUT2D eigenvalue weighted by atomic mass is 9.98. The van der Waals surface area contributed by atoms with Gasteiger partial charge in [0.25, 0.3) is 5.91 Å². The quantitative estimate of drug-likeness (QED) is 0.364. The molecule has 1 N–H and O–H groups in total. The second kappa shape index (κ2) is 10.7. The minimum Gasteiger partial charge on any atom is -0.459 e. The minimum atomic E-state index is -0.0314. The molecule has 0 aliphatic carbocycles. The average molecular weight is 521 g/mol. The van der Waals surface area contributed by atoms with Gasteiger partial charge in [0, 0.05) is 44.0 Å². The number of carbonyl (C=O) groups excluding carboxylic acids is 1. The van der Waals surface area contributed by atoms with Crippen molar-refractivity contribution >= 4 is 47.6 Å². The molecule has 0 spiro atoms. The lowest BCUT2D eigenvalue weighted by molar-refractivity contribution is 0.0657. The van der Waals surface area contributed by atoms with E-state index in [1.54, 1.807) is 18.4 Å². The van der Waals surface area contributed by atoms with Crippen LogP contribution < -0.4 is 5.32 Å². The summed E-state index contributed by atoms with van der Waals surface area (Å²) in [5, 5.41) is 3.43. The lowest BCUT2D eigenvalue weighted by Crippen LogP contribution is -2.54. The summed E-state index contributed by atoms with van der Waals surface area (Å²) >= 11 is 2.01. The highest BCUT2D eigenvalue weighted by atomic mass is 127. The van der Waals surface area contributed by atoms with E-state index in [9.17, 15) is 4.79 Å². The van der Waals surface area contributed by atoms with Gasteiger partial charge in [-0.3, -0.25) is 9.79 Å². The van der Waals surface area contributed by atoms with Crippen molar-refractivity contribution in [2.75, 3.05) is 64.9 Å². The predicted octanol–water partition coefficient (Wildman–Crippen LogP) is 2.06. The lowest BCUT2D eigenvalue weighted by Gasteiger charge is -2.38. The summed E-state index contributed by atoms with van der Waals surface area (Å²) < 4.78 is 5.24. The number of rotatable bonds is 5. The van der Waals surface area contributed by atoms with Crippen molar-refractivity contribution in [3.8, 4) is 0 Å². The molecule has 2 aliphatic heterocycles. The van der Waals surface area contributed by atoms with E-state index in [0.717, 1.165) is 37.9 Å². The topological polar surface area (TPSA) is 64.3 Å². The number of halogens is 1. The van der Waals surface area contributed by atoms with Crippen molar-refractivity contribution in [2.24, 2.45) is 4.99 Å². The van der Waals surface area contributed by atoms with Crippen LogP contribution in [0.1, 0.15) is 23.9 Å². The maximum atomic E-state index is 12.4. The Hall–Kier alpha value is -0.940. The van der Waals surface area contributed by atoms with Gasteiger partial charge in [-0.1, -0.05) is 0 Å². The zero-order valence-electron chi connectivity index (χ0n) is 17.0. The summed E-state index contributed by atoms with van der Waals surface area (Å²) in [5.41, 5.74) is 0.155. The normalized spacial score (nSPS) is 23.1. The van der Waals surface area contributed by atoms with Crippen LogP contribution in [0.4, 0.5) is 0 Å². The molecule has 1 unspecified atom stereocenters. The summed E-state index contributed by atoms with van der Waals surface area (Å²) in [6.07, 6.45) is 2.72. The van der Waals surface area contributed by atoms with Crippen LogP contribution in [0.25, 0.3) is 0 Å². The molecule has 28 heavy (non-hydrogen) atoms. The standard InChI is InChI=1S/C19H31N5O2S.HI/c1-4-20-18(21-14-19(22(2)3)7-13-27-15-19)24-10-8-23(9-11-24)17(25)16-6-5-12-26-16;/h5-6,12H,4,7-11,13-15H2,1-3H3,(H,20,21);1H. The minimum absolute atomic E-state index is 0. The summed E-state index contributed by atoms with van der Waals surface area (Å²) in [6, 6.07) is 3.47. The smallest absolute Gasteiger partial charge is 0.289 e. The highest BCUT2D eigenvalue weighted by Gasteiger charge is 2.36. The molecule has 1 amide bonds. The van der Waals surface area contributed by atoms with Gasteiger partial charge in [-0.15, -0.1) is 24.0 Å². The number of guanidine groups is 1. The third-order valence-electron chi connectivity index (χ3n) is 5.49. The fourth-order valence-corrected chi connectivity index (χ4v) is 5.08. The van der Waals surface area contributed by atoms with Gasteiger partial charge in [0.15, 0.2) is 11.7 Å². The van der Waals surface area contributed by atoms with Gasteiger partial charge in [-0.25, -0.2) is 0 Å². The molecule has 2 saturated heterocycles. The van der Waals surface area contributed by atoms with E-state index in [0.29, 0.717) is 18.8 Å². The molecular formula is C19H32IN5O2S. The Morgan fingerprint density at radius 1 is 1.32 bits per heavy atom. The number of hydrogen-bond donors (Lipinski definition) is 1. The highest BCUT2D eigenvalue weighted by Crippen LogP contribution is 2.32. The summed E-state index contributed by atoms with van der Waals surface area (Å²) in [5.74, 6) is 3.68. The van der Waals surface area contributed by atoms with Crippen LogP contribution >= 0.6 is 35.7 Å². The van der Waals surface area contributed by atoms with E-state index in [4.69, 9.17) is 9.41 Å². The number of aliphatic imine (C=N–C) groups is 1. The molecule has 1 aromatic rings. The second-order valence-corrected chi connectivity index (χ2v) is 8.45. The van der Waals surface area contributed by atoms with E-state index in [2.05, 4.69) is 36.1 Å². The van der Waals surface area contributed by atoms with Gasteiger partial charge in [0.05, 0.1) is 12.8 Å². The number of hydrogen-bond acceptors (Lipinski definition) is 5. The van der Waals surface area contributed by atoms with Crippen LogP contribution in [-0.4, -0.2) is 97.0 Å². The monoisotopic (exact) mass is 521 g/mol. The first-order valence-electron chi connectivity index (χ1n) is 9.67. The van der Waals surface area contributed by atoms with Crippen LogP contribution in [0.15, 0.2) is 27.8 Å².